The Morgan fingerprint density at radius 3 is 2.79 bits per heavy atom. The van der Waals surface area contributed by atoms with Gasteiger partial charge in [-0.25, -0.2) is 4.98 Å². The van der Waals surface area contributed by atoms with Crippen LogP contribution in [0.3, 0.4) is 0 Å². The second-order valence-corrected chi connectivity index (χ2v) is 5.30. The highest BCUT2D eigenvalue weighted by Crippen LogP contribution is 2.38. The number of hydrogen-bond donors (Lipinski definition) is 1. The highest BCUT2D eigenvalue weighted by molar-refractivity contribution is 6.36. The van der Waals surface area contributed by atoms with Gasteiger partial charge in [-0.05, 0) is 18.4 Å². The Kier molecular flexibility index (Phi) is 4.27. The Balaban J connectivity index is 1.82. The molecular weight excluding hydrogens is 291 g/mol. The summed E-state index contributed by atoms with van der Waals surface area (Å²) in [5.41, 5.74) is 0. The van der Waals surface area contributed by atoms with E-state index in [1.807, 2.05) is 6.92 Å². The lowest BCUT2D eigenvalue weighted by atomic mass is 10.3. The number of esters is 1. The van der Waals surface area contributed by atoms with E-state index < -0.39 is 5.91 Å². The molecule has 1 aliphatic carbocycles. The number of pyridine rings is 1. The summed E-state index contributed by atoms with van der Waals surface area (Å²) in [5.74, 6) is -0.351. The van der Waals surface area contributed by atoms with Crippen molar-refractivity contribution in [3.63, 3.8) is 0 Å². The maximum absolute atomic E-state index is 11.6. The number of hydrogen-bond acceptors (Lipinski definition) is 4. The maximum Gasteiger partial charge on any atom is 0.309 e. The molecule has 0 unspecified atom stereocenters. The van der Waals surface area contributed by atoms with E-state index in [4.69, 9.17) is 27.9 Å². The van der Waals surface area contributed by atoms with E-state index in [2.05, 4.69) is 10.3 Å². The van der Waals surface area contributed by atoms with Crippen LogP contribution in [0.4, 0.5) is 5.82 Å². The van der Waals surface area contributed by atoms with Crippen molar-refractivity contribution in [1.29, 1.82) is 0 Å². The number of nitrogens with one attached hydrogen (secondary N) is 1. The lowest BCUT2D eigenvalue weighted by Crippen LogP contribution is -2.22. The number of carbonyl (C=O) groups excluding carboxylic acids is 2. The molecule has 7 heteroatoms. The topological polar surface area (TPSA) is 68.3 Å². The fourth-order valence-corrected chi connectivity index (χ4v) is 2.00. The van der Waals surface area contributed by atoms with Gasteiger partial charge in [0.2, 0.25) is 0 Å². The molecule has 0 saturated heterocycles. The Hall–Kier alpha value is -1.33. The molecule has 5 nitrogen and oxygen atoms in total. The zero-order valence-corrected chi connectivity index (χ0v) is 11.7. The highest BCUT2D eigenvalue weighted by atomic mass is 35.5. The fourth-order valence-electron chi connectivity index (χ4n) is 1.57. The van der Waals surface area contributed by atoms with Crippen LogP contribution in [0.2, 0.25) is 10.0 Å². The molecule has 1 fully saturated rings. The summed E-state index contributed by atoms with van der Waals surface area (Å²) < 4.78 is 4.89. The summed E-state index contributed by atoms with van der Waals surface area (Å²) >= 11 is 11.5. The van der Waals surface area contributed by atoms with Crippen LogP contribution in [-0.2, 0) is 14.3 Å². The number of anilines is 1. The predicted molar refractivity (Wildman–Crippen MR) is 71.1 cm³/mol. The zero-order valence-electron chi connectivity index (χ0n) is 10.2. The van der Waals surface area contributed by atoms with Crippen molar-refractivity contribution in [2.75, 3.05) is 11.9 Å². The SMILES string of the molecule is C[C@H]1C[C@H]1C(=O)OCC(=O)Nc1ncc(Cl)cc1Cl. The maximum atomic E-state index is 11.6. The molecule has 1 amide bonds. The van der Waals surface area contributed by atoms with Gasteiger partial charge in [-0.2, -0.15) is 0 Å². The monoisotopic (exact) mass is 302 g/mol. The Morgan fingerprint density at radius 1 is 1.53 bits per heavy atom. The van der Waals surface area contributed by atoms with E-state index in [-0.39, 0.29) is 29.3 Å². The summed E-state index contributed by atoms with van der Waals surface area (Å²) in [6.45, 7) is 1.62. The van der Waals surface area contributed by atoms with Crippen LogP contribution in [0, 0.1) is 11.8 Å². The van der Waals surface area contributed by atoms with Gasteiger partial charge in [-0.3, -0.25) is 9.59 Å². The smallest absolute Gasteiger partial charge is 0.309 e. The average molecular weight is 303 g/mol. The standard InChI is InChI=1S/C12H12Cl2N2O3/c1-6-2-8(6)12(18)19-5-10(17)16-11-9(14)3-7(13)4-15-11/h3-4,6,8H,2,5H2,1H3,(H,15,16,17)/t6-,8+/m0/s1. The minimum Gasteiger partial charge on any atom is -0.455 e. The van der Waals surface area contributed by atoms with Gasteiger partial charge in [-0.1, -0.05) is 30.1 Å². The quantitative estimate of drug-likeness (QED) is 0.868. The van der Waals surface area contributed by atoms with Gasteiger partial charge >= 0.3 is 5.97 Å². The summed E-state index contributed by atoms with van der Waals surface area (Å²) in [7, 11) is 0. The van der Waals surface area contributed by atoms with Crippen LogP contribution >= 0.6 is 23.2 Å². The number of halogens is 2. The molecule has 1 aromatic heterocycles. The van der Waals surface area contributed by atoms with Crippen molar-refractivity contribution in [3.05, 3.63) is 22.3 Å². The first-order valence-electron chi connectivity index (χ1n) is 5.75. The molecule has 1 heterocycles. The molecular formula is C12H12Cl2N2O3. The normalized spacial score (nSPS) is 20.8. The molecule has 2 rings (SSSR count). The van der Waals surface area contributed by atoms with Crippen molar-refractivity contribution in [2.24, 2.45) is 11.8 Å². The third-order valence-corrected chi connectivity index (χ3v) is 3.32. The number of amides is 1. The van der Waals surface area contributed by atoms with Crippen LogP contribution in [0.25, 0.3) is 0 Å². The van der Waals surface area contributed by atoms with Crippen molar-refractivity contribution < 1.29 is 14.3 Å². The first-order chi connectivity index (χ1) is 8.97. The van der Waals surface area contributed by atoms with Crippen molar-refractivity contribution in [1.82, 2.24) is 4.98 Å². The van der Waals surface area contributed by atoms with Gasteiger partial charge in [0.15, 0.2) is 12.4 Å². The number of nitrogens with zero attached hydrogens (tertiary/aromatic N) is 1. The van der Waals surface area contributed by atoms with Crippen LogP contribution in [0.15, 0.2) is 12.3 Å². The second-order valence-electron chi connectivity index (χ2n) is 4.46. The first-order valence-corrected chi connectivity index (χ1v) is 6.50. The highest BCUT2D eigenvalue weighted by Gasteiger charge is 2.40. The van der Waals surface area contributed by atoms with Gasteiger partial charge in [0, 0.05) is 6.20 Å². The van der Waals surface area contributed by atoms with Crippen LogP contribution in [0.5, 0.6) is 0 Å². The molecule has 2 atom stereocenters. The average Bonchev–Trinajstić information content (AvgIpc) is 3.07. The van der Waals surface area contributed by atoms with Gasteiger partial charge in [-0.15, -0.1) is 0 Å². The van der Waals surface area contributed by atoms with Gasteiger partial charge in [0.25, 0.3) is 5.91 Å². The van der Waals surface area contributed by atoms with E-state index in [1.54, 1.807) is 0 Å². The zero-order chi connectivity index (χ0) is 14.0. The molecule has 19 heavy (non-hydrogen) atoms. The fraction of sp³-hybridized carbons (Fsp3) is 0.417. The number of ether oxygens (including phenoxy) is 1. The van der Waals surface area contributed by atoms with Crippen molar-refractivity contribution in [3.8, 4) is 0 Å². The summed E-state index contributed by atoms with van der Waals surface area (Å²) in [4.78, 5) is 26.8. The summed E-state index contributed by atoms with van der Waals surface area (Å²) in [5, 5.41) is 3.04. The largest absolute Gasteiger partial charge is 0.455 e. The van der Waals surface area contributed by atoms with E-state index in [0.717, 1.165) is 6.42 Å². The second kappa shape index (κ2) is 5.75. The number of rotatable bonds is 4. The molecule has 0 aliphatic heterocycles. The Bertz CT molecular complexity index is 522. The molecule has 0 radical (unpaired) electrons. The number of carbonyl (C=O) groups is 2. The third kappa shape index (κ3) is 3.81. The lowest BCUT2D eigenvalue weighted by Gasteiger charge is -2.07. The molecule has 102 valence electrons. The van der Waals surface area contributed by atoms with E-state index in [9.17, 15) is 9.59 Å². The van der Waals surface area contributed by atoms with Gasteiger partial charge < -0.3 is 10.1 Å². The molecule has 0 spiro atoms. The third-order valence-electron chi connectivity index (χ3n) is 2.82. The van der Waals surface area contributed by atoms with E-state index in [1.165, 1.54) is 12.3 Å². The van der Waals surface area contributed by atoms with Crippen LogP contribution < -0.4 is 5.32 Å². The van der Waals surface area contributed by atoms with E-state index >= 15 is 0 Å². The molecule has 0 aromatic carbocycles. The molecule has 1 aromatic rings. The van der Waals surface area contributed by atoms with Gasteiger partial charge in [0.1, 0.15) is 0 Å². The summed E-state index contributed by atoms with van der Waals surface area (Å²) in [6, 6.07) is 1.46. The van der Waals surface area contributed by atoms with E-state index in [0.29, 0.717) is 10.9 Å². The predicted octanol–water partition coefficient (Wildman–Crippen LogP) is 2.53. The Morgan fingerprint density at radius 2 is 2.21 bits per heavy atom. The van der Waals surface area contributed by atoms with Crippen LogP contribution in [0.1, 0.15) is 13.3 Å². The minimum absolute atomic E-state index is 0.0648. The van der Waals surface area contributed by atoms with Gasteiger partial charge in [0.05, 0.1) is 16.0 Å². The molecule has 0 bridgehead atoms. The first kappa shape index (κ1) is 14.1. The lowest BCUT2D eigenvalue weighted by molar-refractivity contribution is -0.148. The molecule has 1 aliphatic rings. The minimum atomic E-state index is -0.488. The molecule has 1 N–H and O–H groups in total. The van der Waals surface area contributed by atoms with Crippen molar-refractivity contribution >= 4 is 40.9 Å². The summed E-state index contributed by atoms with van der Waals surface area (Å²) in [6.07, 6.45) is 2.19. The Labute approximate surface area is 120 Å². The number of aromatic nitrogens is 1. The molecule has 1 saturated carbocycles. The van der Waals surface area contributed by atoms with Crippen molar-refractivity contribution in [2.45, 2.75) is 13.3 Å². The van der Waals surface area contributed by atoms with Crippen LogP contribution in [-0.4, -0.2) is 23.5 Å².